The Bertz CT molecular complexity index is 592. The lowest BCUT2D eigenvalue weighted by atomic mass is 10.1. The molecule has 20 heavy (non-hydrogen) atoms. The number of amides is 1. The first-order valence-corrected chi connectivity index (χ1v) is 8.46. The van der Waals surface area contributed by atoms with Crippen molar-refractivity contribution in [1.82, 2.24) is 0 Å². The summed E-state index contributed by atoms with van der Waals surface area (Å²) < 4.78 is 0.999. The van der Waals surface area contributed by atoms with Gasteiger partial charge in [0.2, 0.25) is 0 Å². The van der Waals surface area contributed by atoms with Crippen molar-refractivity contribution in [1.29, 1.82) is 0 Å². The van der Waals surface area contributed by atoms with Crippen molar-refractivity contribution >= 4 is 50.5 Å². The number of aryl methyl sites for hydroxylation is 2. The molecule has 0 radical (unpaired) electrons. The number of thiophene rings is 1. The van der Waals surface area contributed by atoms with Crippen LogP contribution < -0.4 is 5.32 Å². The maximum absolute atomic E-state index is 12.2. The third-order valence-electron chi connectivity index (χ3n) is 2.86. The number of halogens is 2. The van der Waals surface area contributed by atoms with Crippen LogP contribution in [0.15, 0.2) is 34.1 Å². The molecule has 0 atom stereocenters. The molecular formula is C15H15BrClNOS. The molecule has 2 aromatic rings. The highest BCUT2D eigenvalue weighted by Gasteiger charge is 2.11. The summed E-state index contributed by atoms with van der Waals surface area (Å²) in [5.74, 6) is 0.581. The SMILES string of the molecule is Cc1cc(C(=O)Nc2cccc(CCCCl)c2)sc1Br. The molecule has 5 heteroatoms. The van der Waals surface area contributed by atoms with Crippen LogP contribution in [-0.4, -0.2) is 11.8 Å². The van der Waals surface area contributed by atoms with Crippen molar-refractivity contribution in [2.75, 3.05) is 11.2 Å². The summed E-state index contributed by atoms with van der Waals surface area (Å²) in [5.41, 5.74) is 3.09. The van der Waals surface area contributed by atoms with Gasteiger partial charge < -0.3 is 5.32 Å². The number of carbonyl (C=O) groups excluding carboxylic acids is 1. The number of rotatable bonds is 5. The molecule has 1 aromatic carbocycles. The highest BCUT2D eigenvalue weighted by molar-refractivity contribution is 9.11. The van der Waals surface area contributed by atoms with Gasteiger partial charge >= 0.3 is 0 Å². The zero-order valence-corrected chi connectivity index (χ0v) is 14.2. The summed E-state index contributed by atoms with van der Waals surface area (Å²) in [6.07, 6.45) is 1.87. The fourth-order valence-corrected chi connectivity index (χ4v) is 3.40. The van der Waals surface area contributed by atoms with E-state index in [9.17, 15) is 4.79 Å². The maximum atomic E-state index is 12.2. The Morgan fingerprint density at radius 3 is 2.85 bits per heavy atom. The van der Waals surface area contributed by atoms with Crippen LogP contribution in [0, 0.1) is 6.92 Å². The predicted octanol–water partition coefficient (Wildman–Crippen LogP) is 5.24. The largest absolute Gasteiger partial charge is 0.321 e. The molecule has 0 bridgehead atoms. The van der Waals surface area contributed by atoms with Gasteiger partial charge in [0.25, 0.3) is 5.91 Å². The Morgan fingerprint density at radius 1 is 1.40 bits per heavy atom. The van der Waals surface area contributed by atoms with Crippen molar-refractivity contribution in [2.45, 2.75) is 19.8 Å². The first-order chi connectivity index (χ1) is 9.60. The monoisotopic (exact) mass is 371 g/mol. The van der Waals surface area contributed by atoms with Gasteiger partial charge in [0.05, 0.1) is 8.66 Å². The fraction of sp³-hybridized carbons (Fsp3) is 0.267. The molecule has 0 spiro atoms. The average molecular weight is 373 g/mol. The molecular weight excluding hydrogens is 358 g/mol. The molecule has 0 aliphatic rings. The van der Waals surface area contributed by atoms with Crippen LogP contribution in [0.2, 0.25) is 0 Å². The number of carbonyl (C=O) groups is 1. The standard InChI is InChI=1S/C15H15BrClNOS/c1-10-8-13(20-14(10)16)15(19)18-12-6-2-4-11(9-12)5-3-7-17/h2,4,6,8-9H,3,5,7H2,1H3,(H,18,19). The molecule has 0 fully saturated rings. The maximum Gasteiger partial charge on any atom is 0.265 e. The number of hydrogen-bond acceptors (Lipinski definition) is 2. The molecule has 0 saturated heterocycles. The molecule has 1 aromatic heterocycles. The third kappa shape index (κ3) is 4.08. The lowest BCUT2D eigenvalue weighted by Crippen LogP contribution is -2.10. The molecule has 2 nitrogen and oxygen atoms in total. The Balaban J connectivity index is 2.07. The molecule has 0 unspecified atom stereocenters. The van der Waals surface area contributed by atoms with Crippen molar-refractivity contribution < 1.29 is 4.79 Å². The first kappa shape index (κ1) is 15.5. The summed E-state index contributed by atoms with van der Waals surface area (Å²) in [5, 5.41) is 2.93. The van der Waals surface area contributed by atoms with Crippen LogP contribution in [-0.2, 0) is 6.42 Å². The first-order valence-electron chi connectivity index (χ1n) is 6.32. The van der Waals surface area contributed by atoms with Crippen molar-refractivity contribution in [3.63, 3.8) is 0 Å². The van der Waals surface area contributed by atoms with E-state index in [1.165, 1.54) is 16.9 Å². The van der Waals surface area contributed by atoms with Gasteiger partial charge in [-0.15, -0.1) is 22.9 Å². The zero-order valence-electron chi connectivity index (χ0n) is 11.1. The highest BCUT2D eigenvalue weighted by atomic mass is 79.9. The number of benzene rings is 1. The Morgan fingerprint density at radius 2 is 2.20 bits per heavy atom. The van der Waals surface area contributed by atoms with E-state index in [-0.39, 0.29) is 5.91 Å². The molecule has 1 amide bonds. The van der Waals surface area contributed by atoms with Crippen molar-refractivity contribution in [3.05, 3.63) is 50.1 Å². The molecule has 0 aliphatic carbocycles. The summed E-state index contributed by atoms with van der Waals surface area (Å²) >= 11 is 10.6. The van der Waals surface area contributed by atoms with E-state index in [0.29, 0.717) is 10.8 Å². The van der Waals surface area contributed by atoms with E-state index >= 15 is 0 Å². The summed E-state index contributed by atoms with van der Waals surface area (Å²) in [7, 11) is 0. The van der Waals surface area contributed by atoms with Crippen LogP contribution in [0.3, 0.4) is 0 Å². The highest BCUT2D eigenvalue weighted by Crippen LogP contribution is 2.28. The molecule has 1 heterocycles. The van der Waals surface area contributed by atoms with Crippen molar-refractivity contribution in [2.24, 2.45) is 0 Å². The second-order valence-electron chi connectivity index (χ2n) is 4.51. The summed E-state index contributed by atoms with van der Waals surface area (Å²) in [6, 6.07) is 9.79. The second-order valence-corrected chi connectivity index (χ2v) is 7.26. The Hall–Kier alpha value is -0.840. The van der Waals surface area contributed by atoms with Crippen LogP contribution >= 0.6 is 38.9 Å². The number of anilines is 1. The predicted molar refractivity (Wildman–Crippen MR) is 90.2 cm³/mol. The second kappa shape index (κ2) is 7.25. The van der Waals surface area contributed by atoms with E-state index in [1.54, 1.807) is 0 Å². The molecule has 0 saturated carbocycles. The van der Waals surface area contributed by atoms with E-state index < -0.39 is 0 Å². The molecule has 2 rings (SSSR count). The van der Waals surface area contributed by atoms with Gasteiger partial charge in [-0.2, -0.15) is 0 Å². The number of hydrogen-bond donors (Lipinski definition) is 1. The molecule has 106 valence electrons. The van der Waals surface area contributed by atoms with Crippen LogP contribution in [0.1, 0.15) is 27.2 Å². The summed E-state index contributed by atoms with van der Waals surface area (Å²) in [6.45, 7) is 1.98. The van der Waals surface area contributed by atoms with Crippen LogP contribution in [0.5, 0.6) is 0 Å². The van der Waals surface area contributed by atoms with Gasteiger partial charge in [0.15, 0.2) is 0 Å². The zero-order chi connectivity index (χ0) is 14.5. The number of nitrogens with one attached hydrogen (secondary N) is 1. The quantitative estimate of drug-likeness (QED) is 0.714. The smallest absolute Gasteiger partial charge is 0.265 e. The minimum atomic E-state index is -0.0710. The van der Waals surface area contributed by atoms with E-state index in [0.717, 1.165) is 27.9 Å². The summed E-state index contributed by atoms with van der Waals surface area (Å²) in [4.78, 5) is 12.9. The van der Waals surface area contributed by atoms with Crippen LogP contribution in [0.4, 0.5) is 5.69 Å². The lowest BCUT2D eigenvalue weighted by molar-refractivity contribution is 0.103. The van der Waals surface area contributed by atoms with Gasteiger partial charge in [0.1, 0.15) is 0 Å². The molecule has 1 N–H and O–H groups in total. The molecule has 0 aliphatic heterocycles. The van der Waals surface area contributed by atoms with Crippen LogP contribution in [0.25, 0.3) is 0 Å². The van der Waals surface area contributed by atoms with Gasteiger partial charge in [-0.3, -0.25) is 4.79 Å². The van der Waals surface area contributed by atoms with Gasteiger partial charge in [0, 0.05) is 11.6 Å². The third-order valence-corrected chi connectivity index (χ3v) is 5.27. The van der Waals surface area contributed by atoms with E-state index in [4.69, 9.17) is 11.6 Å². The topological polar surface area (TPSA) is 29.1 Å². The number of alkyl halides is 1. The van der Waals surface area contributed by atoms with Gasteiger partial charge in [-0.05, 0) is 65.0 Å². The minimum absolute atomic E-state index is 0.0710. The Kier molecular flexibility index (Phi) is 5.64. The van der Waals surface area contributed by atoms with Gasteiger partial charge in [-0.1, -0.05) is 12.1 Å². The van der Waals surface area contributed by atoms with Gasteiger partial charge in [-0.25, -0.2) is 0 Å². The average Bonchev–Trinajstić information content (AvgIpc) is 2.77. The minimum Gasteiger partial charge on any atom is -0.321 e. The fourth-order valence-electron chi connectivity index (χ4n) is 1.84. The Labute approximate surface area is 136 Å². The van der Waals surface area contributed by atoms with E-state index in [2.05, 4.69) is 21.2 Å². The normalized spacial score (nSPS) is 10.6. The van der Waals surface area contributed by atoms with Crippen molar-refractivity contribution in [3.8, 4) is 0 Å². The van der Waals surface area contributed by atoms with E-state index in [1.807, 2.05) is 37.3 Å². The lowest BCUT2D eigenvalue weighted by Gasteiger charge is -2.06.